The van der Waals surface area contributed by atoms with Gasteiger partial charge in [-0.1, -0.05) is 19.1 Å². The lowest BCUT2D eigenvalue weighted by Gasteiger charge is -2.14. The number of halogens is 2. The van der Waals surface area contributed by atoms with Crippen molar-refractivity contribution in [3.05, 3.63) is 35.4 Å². The summed E-state index contributed by atoms with van der Waals surface area (Å²) in [7, 11) is 0. The molecule has 1 aliphatic rings. The van der Waals surface area contributed by atoms with Gasteiger partial charge in [-0.25, -0.2) is 13.6 Å². The summed E-state index contributed by atoms with van der Waals surface area (Å²) in [4.78, 5) is 10.8. The first-order valence-corrected chi connectivity index (χ1v) is 5.14. The fraction of sp³-hybridized carbons (Fsp3) is 0.417. The van der Waals surface area contributed by atoms with Gasteiger partial charge in [0.2, 0.25) is 0 Å². The van der Waals surface area contributed by atoms with Crippen LogP contribution in [0, 0.1) is 0 Å². The molecule has 86 valence electrons. The zero-order valence-electron chi connectivity index (χ0n) is 8.84. The smallest absolute Gasteiger partial charge is 0.335 e. The lowest BCUT2D eigenvalue weighted by atomic mass is 9.91. The Morgan fingerprint density at radius 2 is 2.12 bits per heavy atom. The molecule has 0 spiro atoms. The largest absolute Gasteiger partial charge is 0.478 e. The highest BCUT2D eigenvalue weighted by atomic mass is 19.3. The van der Waals surface area contributed by atoms with Crippen LogP contribution >= 0.6 is 0 Å². The average Bonchev–Trinajstić information content (AvgIpc) is 2.82. The zero-order valence-corrected chi connectivity index (χ0v) is 8.84. The van der Waals surface area contributed by atoms with Crippen LogP contribution < -0.4 is 0 Å². The highest BCUT2D eigenvalue weighted by molar-refractivity contribution is 5.87. The second kappa shape index (κ2) is 3.27. The second-order valence-corrected chi connectivity index (χ2v) is 4.20. The molecule has 0 aliphatic heterocycles. The maximum Gasteiger partial charge on any atom is 0.335 e. The van der Waals surface area contributed by atoms with Crippen LogP contribution in [0.15, 0.2) is 24.3 Å². The van der Waals surface area contributed by atoms with Gasteiger partial charge in [0.25, 0.3) is 5.92 Å². The molecule has 1 aromatic carbocycles. The van der Waals surface area contributed by atoms with Crippen LogP contribution in [0.25, 0.3) is 0 Å². The first-order chi connectivity index (χ1) is 7.43. The van der Waals surface area contributed by atoms with E-state index in [1.807, 2.05) is 0 Å². The maximum atomic E-state index is 13.3. The Kier molecular flexibility index (Phi) is 2.26. The molecule has 1 unspecified atom stereocenters. The molecule has 1 N–H and O–H groups in total. The van der Waals surface area contributed by atoms with Gasteiger partial charge in [0.1, 0.15) is 0 Å². The molecule has 0 heterocycles. The normalized spacial score (nSPS) is 26.4. The molecule has 2 nitrogen and oxygen atoms in total. The molecule has 1 fully saturated rings. The summed E-state index contributed by atoms with van der Waals surface area (Å²) in [5, 5.41) is 8.81. The second-order valence-electron chi connectivity index (χ2n) is 4.20. The van der Waals surface area contributed by atoms with E-state index in [9.17, 15) is 13.6 Å². The Hall–Kier alpha value is -1.45. The number of alkyl halides is 2. The summed E-state index contributed by atoms with van der Waals surface area (Å²) in [5.74, 6) is -3.78. The number of carboxylic acid groups (broad SMARTS) is 1. The molecule has 0 bridgehead atoms. The van der Waals surface area contributed by atoms with Crippen LogP contribution in [-0.4, -0.2) is 17.0 Å². The summed E-state index contributed by atoms with van der Waals surface area (Å²) < 4.78 is 26.6. The Balaban J connectivity index is 2.42. The van der Waals surface area contributed by atoms with E-state index in [4.69, 9.17) is 5.11 Å². The van der Waals surface area contributed by atoms with Gasteiger partial charge >= 0.3 is 5.97 Å². The van der Waals surface area contributed by atoms with Gasteiger partial charge in [0, 0.05) is 6.42 Å². The molecule has 2 rings (SSSR count). The summed E-state index contributed by atoms with van der Waals surface area (Å²) in [6, 6.07) is 5.86. The molecular weight excluding hydrogens is 214 g/mol. The summed E-state index contributed by atoms with van der Waals surface area (Å²) >= 11 is 0. The third kappa shape index (κ3) is 1.40. The Morgan fingerprint density at radius 3 is 2.56 bits per heavy atom. The Bertz CT molecular complexity index is 442. The van der Waals surface area contributed by atoms with Crippen molar-refractivity contribution in [1.29, 1.82) is 0 Å². The van der Waals surface area contributed by atoms with Crippen LogP contribution in [-0.2, 0) is 5.41 Å². The third-order valence-electron chi connectivity index (χ3n) is 3.36. The van der Waals surface area contributed by atoms with Crippen LogP contribution in [0.2, 0.25) is 0 Å². The van der Waals surface area contributed by atoms with Crippen molar-refractivity contribution in [2.45, 2.75) is 31.1 Å². The quantitative estimate of drug-likeness (QED) is 0.859. The van der Waals surface area contributed by atoms with Crippen LogP contribution in [0.3, 0.4) is 0 Å². The molecule has 0 radical (unpaired) electrons. The molecule has 1 aliphatic carbocycles. The zero-order chi connectivity index (χ0) is 12.0. The number of benzene rings is 1. The van der Waals surface area contributed by atoms with E-state index in [-0.39, 0.29) is 12.0 Å². The molecule has 16 heavy (non-hydrogen) atoms. The molecule has 1 aromatic rings. The van der Waals surface area contributed by atoms with Gasteiger partial charge in [0.15, 0.2) is 0 Å². The summed E-state index contributed by atoms with van der Waals surface area (Å²) in [5.41, 5.74) is -0.647. The van der Waals surface area contributed by atoms with Crippen molar-refractivity contribution < 1.29 is 18.7 Å². The topological polar surface area (TPSA) is 37.3 Å². The number of hydrogen-bond donors (Lipinski definition) is 1. The van der Waals surface area contributed by atoms with Crippen LogP contribution in [0.5, 0.6) is 0 Å². The fourth-order valence-electron chi connectivity index (χ4n) is 2.19. The minimum Gasteiger partial charge on any atom is -0.478 e. The van der Waals surface area contributed by atoms with E-state index in [2.05, 4.69) is 0 Å². The lowest BCUT2D eigenvalue weighted by Crippen LogP contribution is -2.15. The van der Waals surface area contributed by atoms with Crippen molar-refractivity contribution in [3.63, 3.8) is 0 Å². The molecule has 0 amide bonds. The molecular formula is C12H12F2O2. The van der Waals surface area contributed by atoms with Crippen molar-refractivity contribution in [3.8, 4) is 0 Å². The summed E-state index contributed by atoms with van der Waals surface area (Å²) in [6.07, 6.45) is 0.142. The Morgan fingerprint density at radius 1 is 1.50 bits per heavy atom. The Labute approximate surface area is 91.9 Å². The molecule has 0 saturated heterocycles. The van der Waals surface area contributed by atoms with Crippen LogP contribution in [0.1, 0.15) is 35.7 Å². The standard InChI is InChI=1S/C12H12F2O2/c1-2-11(7-12(11,13)14)9-5-3-4-8(6-9)10(15)16/h3-6H,2,7H2,1H3,(H,15,16). The number of rotatable bonds is 3. The number of hydrogen-bond acceptors (Lipinski definition) is 1. The fourth-order valence-corrected chi connectivity index (χ4v) is 2.19. The average molecular weight is 226 g/mol. The van der Waals surface area contributed by atoms with Crippen LogP contribution in [0.4, 0.5) is 8.78 Å². The van der Waals surface area contributed by atoms with Crippen molar-refractivity contribution in [2.75, 3.05) is 0 Å². The van der Waals surface area contributed by atoms with E-state index < -0.39 is 17.3 Å². The predicted molar refractivity (Wildman–Crippen MR) is 54.9 cm³/mol. The first kappa shape index (κ1) is 11.0. The minimum absolute atomic E-state index is 0.0630. The van der Waals surface area contributed by atoms with Gasteiger partial charge in [-0.3, -0.25) is 0 Å². The van der Waals surface area contributed by atoms with E-state index in [1.54, 1.807) is 13.0 Å². The predicted octanol–water partition coefficient (Wildman–Crippen LogP) is 3.07. The number of carbonyl (C=O) groups is 1. The lowest BCUT2D eigenvalue weighted by molar-refractivity contribution is 0.0694. The number of aromatic carboxylic acids is 1. The highest BCUT2D eigenvalue weighted by Gasteiger charge is 2.70. The van der Waals surface area contributed by atoms with E-state index in [1.165, 1.54) is 18.2 Å². The molecule has 1 atom stereocenters. The van der Waals surface area contributed by atoms with Gasteiger partial charge in [0.05, 0.1) is 11.0 Å². The van der Waals surface area contributed by atoms with Gasteiger partial charge in [-0.2, -0.15) is 0 Å². The molecule has 1 saturated carbocycles. The summed E-state index contributed by atoms with van der Waals surface area (Å²) in [6.45, 7) is 1.70. The van der Waals surface area contributed by atoms with E-state index >= 15 is 0 Å². The monoisotopic (exact) mass is 226 g/mol. The van der Waals surface area contributed by atoms with Crippen molar-refractivity contribution in [1.82, 2.24) is 0 Å². The maximum absolute atomic E-state index is 13.3. The van der Waals surface area contributed by atoms with Gasteiger partial charge in [-0.05, 0) is 24.1 Å². The van der Waals surface area contributed by atoms with Gasteiger partial charge in [-0.15, -0.1) is 0 Å². The SMILES string of the molecule is CCC1(c2cccc(C(=O)O)c2)CC1(F)F. The van der Waals surface area contributed by atoms with Crippen molar-refractivity contribution >= 4 is 5.97 Å². The third-order valence-corrected chi connectivity index (χ3v) is 3.36. The van der Waals surface area contributed by atoms with Gasteiger partial charge < -0.3 is 5.11 Å². The van der Waals surface area contributed by atoms with E-state index in [0.717, 1.165) is 0 Å². The molecule has 0 aromatic heterocycles. The highest BCUT2D eigenvalue weighted by Crippen LogP contribution is 2.63. The van der Waals surface area contributed by atoms with Crippen molar-refractivity contribution in [2.24, 2.45) is 0 Å². The number of carboxylic acids is 1. The van der Waals surface area contributed by atoms with E-state index in [0.29, 0.717) is 12.0 Å². The molecule has 4 heteroatoms. The first-order valence-electron chi connectivity index (χ1n) is 5.14. The minimum atomic E-state index is -2.70.